The molecule has 2 rings (SSSR count). The van der Waals surface area contributed by atoms with Crippen molar-refractivity contribution >= 4 is 0 Å². The van der Waals surface area contributed by atoms with E-state index in [4.69, 9.17) is 10.00 Å². The van der Waals surface area contributed by atoms with E-state index in [1.54, 1.807) is 0 Å². The summed E-state index contributed by atoms with van der Waals surface area (Å²) in [5.41, 5.74) is 0. The fraction of sp³-hybridized carbons (Fsp3) is 0.923. The third-order valence-electron chi connectivity index (χ3n) is 3.91. The lowest BCUT2D eigenvalue weighted by molar-refractivity contribution is 0.183. The summed E-state index contributed by atoms with van der Waals surface area (Å²) in [6, 6.07) is 2.89. The van der Waals surface area contributed by atoms with E-state index in [0.29, 0.717) is 6.04 Å². The van der Waals surface area contributed by atoms with Gasteiger partial charge in [-0.3, -0.25) is 0 Å². The maximum atomic E-state index is 9.06. The molecule has 0 aromatic carbocycles. The zero-order valence-electron chi connectivity index (χ0n) is 9.95. The number of nitrogens with one attached hydrogen (secondary N) is 1. The van der Waals surface area contributed by atoms with Crippen molar-refractivity contribution in [3.63, 3.8) is 0 Å². The molecule has 0 aromatic rings. The maximum absolute atomic E-state index is 9.06. The Hall–Kier alpha value is -0.590. The highest BCUT2D eigenvalue weighted by Crippen LogP contribution is 2.24. The van der Waals surface area contributed by atoms with Crippen molar-refractivity contribution in [2.45, 2.75) is 44.6 Å². The Morgan fingerprint density at radius 1 is 1.25 bits per heavy atom. The number of hydrogen-bond donors (Lipinski definition) is 1. The lowest BCUT2D eigenvalue weighted by atomic mass is 9.85. The standard InChI is InChI=1S/C13H22N2O/c14-9-12-3-1-2-4-13(12)15-7-5-11-6-8-16-10-11/h11-13,15H,1-8,10H2. The Bertz CT molecular complexity index is 243. The van der Waals surface area contributed by atoms with Gasteiger partial charge in [-0.2, -0.15) is 5.26 Å². The Morgan fingerprint density at radius 2 is 2.12 bits per heavy atom. The number of ether oxygens (including phenoxy) is 1. The molecule has 1 saturated carbocycles. The summed E-state index contributed by atoms with van der Waals surface area (Å²) in [6.45, 7) is 2.93. The Morgan fingerprint density at radius 3 is 2.88 bits per heavy atom. The van der Waals surface area contributed by atoms with E-state index >= 15 is 0 Å². The normalized spacial score (nSPS) is 34.8. The highest BCUT2D eigenvalue weighted by molar-refractivity contribution is 4.94. The second-order valence-corrected chi connectivity index (χ2v) is 5.10. The number of hydrogen-bond acceptors (Lipinski definition) is 3. The van der Waals surface area contributed by atoms with Gasteiger partial charge in [-0.25, -0.2) is 0 Å². The van der Waals surface area contributed by atoms with Crippen molar-refractivity contribution < 1.29 is 4.74 Å². The van der Waals surface area contributed by atoms with Gasteiger partial charge >= 0.3 is 0 Å². The smallest absolute Gasteiger partial charge is 0.0672 e. The molecule has 0 amide bonds. The van der Waals surface area contributed by atoms with E-state index in [1.807, 2.05) is 0 Å². The Labute approximate surface area is 98.2 Å². The number of rotatable bonds is 4. The van der Waals surface area contributed by atoms with Gasteiger partial charge in [0.1, 0.15) is 0 Å². The van der Waals surface area contributed by atoms with E-state index in [2.05, 4.69) is 11.4 Å². The van der Waals surface area contributed by atoms with Gasteiger partial charge in [0, 0.05) is 19.3 Å². The third kappa shape index (κ3) is 3.20. The first-order chi connectivity index (χ1) is 7.90. The molecular weight excluding hydrogens is 200 g/mol. The van der Waals surface area contributed by atoms with Gasteiger partial charge in [-0.15, -0.1) is 0 Å². The molecule has 1 saturated heterocycles. The lowest BCUT2D eigenvalue weighted by Gasteiger charge is -2.28. The molecule has 3 heteroatoms. The molecule has 0 bridgehead atoms. The third-order valence-corrected chi connectivity index (χ3v) is 3.91. The first-order valence-corrected chi connectivity index (χ1v) is 6.61. The molecule has 1 N–H and O–H groups in total. The van der Waals surface area contributed by atoms with Gasteiger partial charge in [0.2, 0.25) is 0 Å². The van der Waals surface area contributed by atoms with Crippen molar-refractivity contribution in [1.82, 2.24) is 5.32 Å². The van der Waals surface area contributed by atoms with Gasteiger partial charge in [-0.05, 0) is 38.1 Å². The van der Waals surface area contributed by atoms with Crippen LogP contribution in [0.3, 0.4) is 0 Å². The molecular formula is C13H22N2O. The molecule has 0 aromatic heterocycles. The predicted octanol–water partition coefficient (Wildman–Crippen LogP) is 2.08. The second-order valence-electron chi connectivity index (χ2n) is 5.10. The summed E-state index contributed by atoms with van der Waals surface area (Å²) in [5.74, 6) is 0.991. The summed E-state index contributed by atoms with van der Waals surface area (Å²) >= 11 is 0. The van der Waals surface area contributed by atoms with Gasteiger partial charge < -0.3 is 10.1 Å². The molecule has 0 spiro atoms. The predicted molar refractivity (Wildman–Crippen MR) is 62.9 cm³/mol. The zero-order valence-corrected chi connectivity index (χ0v) is 9.95. The zero-order chi connectivity index (χ0) is 11.2. The minimum absolute atomic E-state index is 0.244. The van der Waals surface area contributed by atoms with Crippen LogP contribution in [-0.2, 0) is 4.74 Å². The monoisotopic (exact) mass is 222 g/mol. The lowest BCUT2D eigenvalue weighted by Crippen LogP contribution is -2.38. The minimum atomic E-state index is 0.244. The minimum Gasteiger partial charge on any atom is -0.381 e. The SMILES string of the molecule is N#CC1CCCCC1NCCC1CCOC1. The van der Waals surface area contributed by atoms with Crippen LogP contribution in [-0.4, -0.2) is 25.8 Å². The van der Waals surface area contributed by atoms with Crippen molar-refractivity contribution in [3.8, 4) is 6.07 Å². The van der Waals surface area contributed by atoms with E-state index in [-0.39, 0.29) is 5.92 Å². The quantitative estimate of drug-likeness (QED) is 0.792. The second kappa shape index (κ2) is 6.22. The molecule has 3 atom stereocenters. The molecule has 1 aliphatic heterocycles. The molecule has 1 heterocycles. The molecule has 2 aliphatic rings. The van der Waals surface area contributed by atoms with Crippen LogP contribution >= 0.6 is 0 Å². The van der Waals surface area contributed by atoms with Crippen LogP contribution in [0.5, 0.6) is 0 Å². The van der Waals surface area contributed by atoms with Crippen molar-refractivity contribution in [3.05, 3.63) is 0 Å². The van der Waals surface area contributed by atoms with E-state index in [1.165, 1.54) is 32.1 Å². The summed E-state index contributed by atoms with van der Waals surface area (Å²) in [7, 11) is 0. The summed E-state index contributed by atoms with van der Waals surface area (Å²) in [6.07, 6.45) is 7.19. The maximum Gasteiger partial charge on any atom is 0.0672 e. The Kier molecular flexibility index (Phi) is 4.62. The average molecular weight is 222 g/mol. The molecule has 3 unspecified atom stereocenters. The fourth-order valence-corrected chi connectivity index (χ4v) is 2.81. The molecule has 1 aliphatic carbocycles. The molecule has 2 fully saturated rings. The number of nitriles is 1. The van der Waals surface area contributed by atoms with Crippen molar-refractivity contribution in [2.75, 3.05) is 19.8 Å². The molecule has 90 valence electrons. The molecule has 3 nitrogen and oxygen atoms in total. The van der Waals surface area contributed by atoms with E-state index in [0.717, 1.165) is 32.1 Å². The van der Waals surface area contributed by atoms with Gasteiger partial charge in [0.25, 0.3) is 0 Å². The fourth-order valence-electron chi connectivity index (χ4n) is 2.81. The average Bonchev–Trinajstić information content (AvgIpc) is 2.83. The van der Waals surface area contributed by atoms with Crippen LogP contribution in [0.15, 0.2) is 0 Å². The van der Waals surface area contributed by atoms with Crippen molar-refractivity contribution in [1.29, 1.82) is 5.26 Å². The van der Waals surface area contributed by atoms with Crippen LogP contribution in [0.25, 0.3) is 0 Å². The summed E-state index contributed by atoms with van der Waals surface area (Å²) < 4.78 is 5.36. The first-order valence-electron chi connectivity index (χ1n) is 6.61. The van der Waals surface area contributed by atoms with Gasteiger partial charge in [0.15, 0.2) is 0 Å². The van der Waals surface area contributed by atoms with Gasteiger partial charge in [0.05, 0.1) is 12.0 Å². The van der Waals surface area contributed by atoms with E-state index in [9.17, 15) is 0 Å². The molecule has 16 heavy (non-hydrogen) atoms. The topological polar surface area (TPSA) is 45.0 Å². The van der Waals surface area contributed by atoms with Crippen molar-refractivity contribution in [2.24, 2.45) is 11.8 Å². The van der Waals surface area contributed by atoms with Crippen LogP contribution in [0.4, 0.5) is 0 Å². The highest BCUT2D eigenvalue weighted by Gasteiger charge is 2.24. The van der Waals surface area contributed by atoms with E-state index < -0.39 is 0 Å². The summed E-state index contributed by atoms with van der Waals surface area (Å²) in [4.78, 5) is 0. The summed E-state index contributed by atoms with van der Waals surface area (Å²) in [5, 5.41) is 12.6. The number of nitrogens with zero attached hydrogens (tertiary/aromatic N) is 1. The van der Waals surface area contributed by atoms with Crippen LogP contribution in [0.1, 0.15) is 38.5 Å². The van der Waals surface area contributed by atoms with Crippen LogP contribution in [0, 0.1) is 23.2 Å². The van der Waals surface area contributed by atoms with Crippen LogP contribution in [0.2, 0.25) is 0 Å². The largest absolute Gasteiger partial charge is 0.381 e. The van der Waals surface area contributed by atoms with Crippen LogP contribution < -0.4 is 5.32 Å². The highest BCUT2D eigenvalue weighted by atomic mass is 16.5. The van der Waals surface area contributed by atoms with Gasteiger partial charge in [-0.1, -0.05) is 12.8 Å². The Balaban J connectivity index is 1.65. The first kappa shape index (κ1) is 11.9. The molecule has 0 radical (unpaired) electrons.